The van der Waals surface area contributed by atoms with E-state index < -0.39 is 10.0 Å². The van der Waals surface area contributed by atoms with E-state index in [0.29, 0.717) is 10.3 Å². The van der Waals surface area contributed by atoms with Gasteiger partial charge < -0.3 is 5.11 Å². The van der Waals surface area contributed by atoms with Crippen LogP contribution in [0.5, 0.6) is 0 Å². The van der Waals surface area contributed by atoms with Crippen LogP contribution in [0.25, 0.3) is 10.1 Å². The molecule has 0 spiro atoms. The van der Waals surface area contributed by atoms with Gasteiger partial charge in [-0.05, 0) is 18.2 Å². The van der Waals surface area contributed by atoms with Gasteiger partial charge in [0.15, 0.2) is 0 Å². The Labute approximate surface area is 126 Å². The largest absolute Gasteiger partial charge is 0.391 e. The van der Waals surface area contributed by atoms with Gasteiger partial charge in [0.05, 0.1) is 11.5 Å². The topological polar surface area (TPSA) is 66.4 Å². The number of aliphatic hydroxyl groups excluding tert-OH is 1. The number of thioether (sulfide) groups is 1. The number of benzene rings is 1. The number of aliphatic hydroxyl groups is 1. The minimum atomic E-state index is -3.58. The third-order valence-electron chi connectivity index (χ3n) is 3.28. The number of thiophene rings is 1. The van der Waals surface area contributed by atoms with E-state index in [1.807, 2.05) is 18.2 Å². The second-order valence-corrected chi connectivity index (χ2v) is 8.63. The Morgan fingerprint density at radius 1 is 1.35 bits per heavy atom. The van der Waals surface area contributed by atoms with Crippen LogP contribution in [0, 0.1) is 0 Å². The lowest BCUT2D eigenvalue weighted by Gasteiger charge is -2.12. The van der Waals surface area contributed by atoms with Crippen LogP contribution in [0.4, 0.5) is 0 Å². The van der Waals surface area contributed by atoms with Crippen LogP contribution in [-0.4, -0.2) is 31.1 Å². The summed E-state index contributed by atoms with van der Waals surface area (Å²) in [5, 5.41) is 10.2. The molecule has 1 aliphatic rings. The van der Waals surface area contributed by atoms with Crippen LogP contribution < -0.4 is 4.72 Å². The van der Waals surface area contributed by atoms with Crippen LogP contribution in [0.1, 0.15) is 11.3 Å². The standard InChI is InChI=1S/C13H15NO3S3/c15-7-12-13(10-3-1-2-4-11(10)19-12)20(16,17)14-9-5-6-18-8-9/h1-4,9,14-15H,5-8H2. The third-order valence-corrected chi connectivity index (χ3v) is 7.38. The number of nitrogens with one attached hydrogen (secondary N) is 1. The van der Waals surface area contributed by atoms with Gasteiger partial charge in [-0.1, -0.05) is 18.2 Å². The maximum atomic E-state index is 12.6. The van der Waals surface area contributed by atoms with Crippen molar-refractivity contribution in [1.82, 2.24) is 4.72 Å². The van der Waals surface area contributed by atoms with E-state index in [4.69, 9.17) is 0 Å². The highest BCUT2D eigenvalue weighted by molar-refractivity contribution is 7.99. The minimum Gasteiger partial charge on any atom is -0.391 e. The van der Waals surface area contributed by atoms with Crippen molar-refractivity contribution in [3.8, 4) is 0 Å². The van der Waals surface area contributed by atoms with Crippen molar-refractivity contribution in [3.05, 3.63) is 29.1 Å². The van der Waals surface area contributed by atoms with Crippen LogP contribution >= 0.6 is 23.1 Å². The zero-order valence-corrected chi connectivity index (χ0v) is 13.2. The molecule has 3 rings (SSSR count). The summed E-state index contributed by atoms with van der Waals surface area (Å²) in [7, 11) is -3.58. The smallest absolute Gasteiger partial charge is 0.242 e. The summed E-state index contributed by atoms with van der Waals surface area (Å²) >= 11 is 3.09. The molecule has 0 aliphatic carbocycles. The normalized spacial score (nSPS) is 19.8. The first-order valence-corrected chi connectivity index (χ1v) is 9.78. The molecule has 0 saturated carbocycles. The van der Waals surface area contributed by atoms with Gasteiger partial charge in [0.2, 0.25) is 10.0 Å². The Hall–Kier alpha value is -0.600. The van der Waals surface area contributed by atoms with Crippen LogP contribution in [0.2, 0.25) is 0 Å². The van der Waals surface area contributed by atoms with Gasteiger partial charge in [0, 0.05) is 21.9 Å². The average molecular weight is 329 g/mol. The highest BCUT2D eigenvalue weighted by Gasteiger charge is 2.28. The van der Waals surface area contributed by atoms with Gasteiger partial charge in [0.1, 0.15) is 4.90 Å². The van der Waals surface area contributed by atoms with Gasteiger partial charge in [0.25, 0.3) is 0 Å². The van der Waals surface area contributed by atoms with Gasteiger partial charge in [-0.3, -0.25) is 0 Å². The SMILES string of the molecule is O=S(=O)(NC1CCSC1)c1c(CO)sc2ccccc12. The second-order valence-electron chi connectivity index (χ2n) is 4.69. The molecule has 1 fully saturated rings. The molecule has 1 atom stereocenters. The van der Waals surface area contributed by atoms with Crippen LogP contribution in [-0.2, 0) is 16.6 Å². The summed E-state index contributed by atoms with van der Waals surface area (Å²) in [4.78, 5) is 0.752. The third kappa shape index (κ3) is 2.60. The minimum absolute atomic E-state index is 0.00444. The fourth-order valence-electron chi connectivity index (χ4n) is 2.38. The molecule has 2 N–H and O–H groups in total. The molecule has 20 heavy (non-hydrogen) atoms. The molecule has 4 nitrogen and oxygen atoms in total. The Kier molecular flexibility index (Phi) is 4.05. The van der Waals surface area contributed by atoms with E-state index in [1.165, 1.54) is 11.3 Å². The maximum absolute atomic E-state index is 12.6. The molecule has 0 radical (unpaired) electrons. The molecular formula is C13H15NO3S3. The van der Waals surface area contributed by atoms with E-state index in [0.717, 1.165) is 22.6 Å². The summed E-state index contributed by atoms with van der Waals surface area (Å²) in [5.74, 6) is 1.81. The molecule has 2 heterocycles. The van der Waals surface area contributed by atoms with Crippen molar-refractivity contribution in [2.45, 2.75) is 24.0 Å². The van der Waals surface area contributed by atoms with E-state index >= 15 is 0 Å². The van der Waals surface area contributed by atoms with E-state index in [-0.39, 0.29) is 17.5 Å². The van der Waals surface area contributed by atoms with Gasteiger partial charge >= 0.3 is 0 Å². The molecule has 1 aliphatic heterocycles. The van der Waals surface area contributed by atoms with Gasteiger partial charge in [-0.2, -0.15) is 11.8 Å². The average Bonchev–Trinajstić information content (AvgIpc) is 3.04. The number of hydrogen-bond donors (Lipinski definition) is 2. The quantitative estimate of drug-likeness (QED) is 0.902. The van der Waals surface area contributed by atoms with Crippen molar-refractivity contribution < 1.29 is 13.5 Å². The monoisotopic (exact) mass is 329 g/mol. The highest BCUT2D eigenvalue weighted by Crippen LogP contribution is 2.35. The Balaban J connectivity index is 2.07. The molecule has 2 aromatic rings. The van der Waals surface area contributed by atoms with Crippen molar-refractivity contribution in [3.63, 3.8) is 0 Å². The molecule has 0 amide bonds. The zero-order valence-electron chi connectivity index (χ0n) is 10.7. The lowest BCUT2D eigenvalue weighted by atomic mass is 10.2. The van der Waals surface area contributed by atoms with Crippen LogP contribution in [0.15, 0.2) is 29.2 Å². The molecule has 0 bridgehead atoms. The van der Waals surface area contributed by atoms with Crippen molar-refractivity contribution in [1.29, 1.82) is 0 Å². The summed E-state index contributed by atoms with van der Waals surface area (Å²) in [6, 6.07) is 7.36. The predicted octanol–water partition coefficient (Wildman–Crippen LogP) is 2.18. The molecular weight excluding hydrogens is 314 g/mol. The van der Waals surface area contributed by atoms with E-state index in [9.17, 15) is 13.5 Å². The number of sulfonamides is 1. The Bertz CT molecular complexity index is 718. The lowest BCUT2D eigenvalue weighted by Crippen LogP contribution is -2.34. The summed E-state index contributed by atoms with van der Waals surface area (Å²) in [5.41, 5.74) is 0. The molecule has 7 heteroatoms. The van der Waals surface area contributed by atoms with E-state index in [2.05, 4.69) is 4.72 Å². The van der Waals surface area contributed by atoms with Crippen molar-refractivity contribution in [2.24, 2.45) is 0 Å². The Morgan fingerprint density at radius 2 is 2.15 bits per heavy atom. The fourth-order valence-corrected chi connectivity index (χ4v) is 6.70. The lowest BCUT2D eigenvalue weighted by molar-refractivity contribution is 0.283. The molecule has 1 unspecified atom stereocenters. The Morgan fingerprint density at radius 3 is 2.85 bits per heavy atom. The first-order valence-electron chi connectivity index (χ1n) is 6.33. The van der Waals surface area contributed by atoms with Crippen LogP contribution in [0.3, 0.4) is 0 Å². The fraction of sp³-hybridized carbons (Fsp3) is 0.385. The number of fused-ring (bicyclic) bond motifs is 1. The summed E-state index contributed by atoms with van der Waals surface area (Å²) < 4.78 is 28.9. The van der Waals surface area contributed by atoms with Crippen molar-refractivity contribution in [2.75, 3.05) is 11.5 Å². The molecule has 1 aromatic carbocycles. The first kappa shape index (κ1) is 14.3. The maximum Gasteiger partial charge on any atom is 0.242 e. The van der Waals surface area contributed by atoms with Crippen molar-refractivity contribution >= 4 is 43.2 Å². The molecule has 1 saturated heterocycles. The predicted molar refractivity (Wildman–Crippen MR) is 83.8 cm³/mol. The summed E-state index contributed by atoms with van der Waals surface area (Å²) in [6.07, 6.45) is 0.862. The van der Waals surface area contributed by atoms with Gasteiger partial charge in [-0.25, -0.2) is 13.1 Å². The van der Waals surface area contributed by atoms with E-state index in [1.54, 1.807) is 17.8 Å². The van der Waals surface area contributed by atoms with Gasteiger partial charge in [-0.15, -0.1) is 11.3 Å². The first-order chi connectivity index (χ1) is 9.62. The zero-order chi connectivity index (χ0) is 14.2. The second kappa shape index (κ2) is 5.65. The molecule has 1 aromatic heterocycles. The molecule has 108 valence electrons. The number of rotatable bonds is 4. The highest BCUT2D eigenvalue weighted by atomic mass is 32.2. The number of hydrogen-bond acceptors (Lipinski definition) is 5. The summed E-state index contributed by atoms with van der Waals surface area (Å²) in [6.45, 7) is -0.255.